The molecule has 18 heavy (non-hydrogen) atoms. The Morgan fingerprint density at radius 1 is 1.44 bits per heavy atom. The topological polar surface area (TPSA) is 47.1 Å². The van der Waals surface area contributed by atoms with Crippen molar-refractivity contribution in [3.05, 3.63) is 18.2 Å². The van der Waals surface area contributed by atoms with Crippen LogP contribution >= 0.6 is 0 Å². The average Bonchev–Trinajstić information content (AvgIpc) is 2.97. The van der Waals surface area contributed by atoms with Crippen molar-refractivity contribution >= 4 is 0 Å². The van der Waals surface area contributed by atoms with E-state index in [0.717, 1.165) is 18.8 Å². The molecule has 4 heteroatoms. The zero-order valence-corrected chi connectivity index (χ0v) is 11.9. The molecular formula is C14H26N4. The maximum absolute atomic E-state index is 6.53. The number of nitrogens with zero attached hydrogens (tertiary/aromatic N) is 3. The van der Waals surface area contributed by atoms with E-state index in [1.807, 2.05) is 12.4 Å². The van der Waals surface area contributed by atoms with Gasteiger partial charge in [0.05, 0.1) is 0 Å². The van der Waals surface area contributed by atoms with Crippen LogP contribution in [0.25, 0.3) is 0 Å². The number of nitrogens with two attached hydrogens (primary N) is 1. The van der Waals surface area contributed by atoms with E-state index < -0.39 is 0 Å². The van der Waals surface area contributed by atoms with Crippen molar-refractivity contribution in [2.45, 2.75) is 57.2 Å². The summed E-state index contributed by atoms with van der Waals surface area (Å²) in [5, 5.41) is 0. The molecule has 2 N–H and O–H groups in total. The van der Waals surface area contributed by atoms with E-state index in [1.165, 1.54) is 25.7 Å². The summed E-state index contributed by atoms with van der Waals surface area (Å²) in [5.41, 5.74) is 6.71. The van der Waals surface area contributed by atoms with Crippen LogP contribution in [-0.2, 0) is 13.0 Å². The van der Waals surface area contributed by atoms with Gasteiger partial charge in [-0.2, -0.15) is 0 Å². The van der Waals surface area contributed by atoms with E-state index in [-0.39, 0.29) is 11.6 Å². The van der Waals surface area contributed by atoms with Crippen LogP contribution in [0.4, 0.5) is 0 Å². The van der Waals surface area contributed by atoms with Crippen LogP contribution in [0, 0.1) is 0 Å². The highest BCUT2D eigenvalue weighted by atomic mass is 15.2. The van der Waals surface area contributed by atoms with Crippen LogP contribution in [0.2, 0.25) is 0 Å². The second-order valence-electron chi connectivity index (χ2n) is 5.65. The first kappa shape index (κ1) is 13.6. The number of hydrogen-bond acceptors (Lipinski definition) is 3. The van der Waals surface area contributed by atoms with Crippen LogP contribution in [0.3, 0.4) is 0 Å². The number of imidazole rings is 1. The lowest BCUT2D eigenvalue weighted by Crippen LogP contribution is -2.56. The highest BCUT2D eigenvalue weighted by Gasteiger charge is 2.41. The van der Waals surface area contributed by atoms with Crippen molar-refractivity contribution in [1.29, 1.82) is 0 Å². The number of rotatable bonds is 5. The van der Waals surface area contributed by atoms with E-state index in [2.05, 4.69) is 35.5 Å². The molecule has 0 bridgehead atoms. The van der Waals surface area contributed by atoms with Gasteiger partial charge in [-0.25, -0.2) is 4.98 Å². The Balaban J connectivity index is 2.13. The van der Waals surface area contributed by atoms with Crippen LogP contribution in [0.5, 0.6) is 0 Å². The SMILES string of the molecule is CCn1ccnc1CC(N)C1(N(C)C)CCCC1. The molecule has 1 fully saturated rings. The van der Waals surface area contributed by atoms with E-state index in [4.69, 9.17) is 5.73 Å². The molecule has 1 aromatic heterocycles. The number of aromatic nitrogens is 2. The van der Waals surface area contributed by atoms with E-state index >= 15 is 0 Å². The summed E-state index contributed by atoms with van der Waals surface area (Å²) in [6.45, 7) is 3.12. The minimum Gasteiger partial charge on any atom is -0.335 e. The molecule has 0 aromatic carbocycles. The maximum Gasteiger partial charge on any atom is 0.110 e. The lowest BCUT2D eigenvalue weighted by atomic mass is 9.85. The first-order valence-electron chi connectivity index (χ1n) is 7.03. The number of hydrogen-bond donors (Lipinski definition) is 1. The van der Waals surface area contributed by atoms with Crippen molar-refractivity contribution in [1.82, 2.24) is 14.5 Å². The molecule has 102 valence electrons. The summed E-state index contributed by atoms with van der Waals surface area (Å²) in [6, 6.07) is 0.169. The fraction of sp³-hybridized carbons (Fsp3) is 0.786. The van der Waals surface area contributed by atoms with Gasteiger partial charge >= 0.3 is 0 Å². The summed E-state index contributed by atoms with van der Waals surface area (Å²) < 4.78 is 2.19. The largest absolute Gasteiger partial charge is 0.335 e. The van der Waals surface area contributed by atoms with Gasteiger partial charge in [0.25, 0.3) is 0 Å². The quantitative estimate of drug-likeness (QED) is 0.864. The van der Waals surface area contributed by atoms with Gasteiger partial charge in [0.2, 0.25) is 0 Å². The van der Waals surface area contributed by atoms with Gasteiger partial charge in [-0.05, 0) is 33.9 Å². The maximum atomic E-state index is 6.53. The van der Waals surface area contributed by atoms with Crippen LogP contribution < -0.4 is 5.73 Å². The van der Waals surface area contributed by atoms with E-state index in [1.54, 1.807) is 0 Å². The Morgan fingerprint density at radius 2 is 2.11 bits per heavy atom. The second-order valence-corrected chi connectivity index (χ2v) is 5.65. The van der Waals surface area contributed by atoms with E-state index in [9.17, 15) is 0 Å². The molecule has 0 spiro atoms. The highest BCUT2D eigenvalue weighted by molar-refractivity contribution is 5.06. The van der Waals surface area contributed by atoms with Crippen molar-refractivity contribution in [3.63, 3.8) is 0 Å². The molecule has 4 nitrogen and oxygen atoms in total. The van der Waals surface area contributed by atoms with Crippen LogP contribution in [0.15, 0.2) is 12.4 Å². The summed E-state index contributed by atoms with van der Waals surface area (Å²) in [7, 11) is 4.33. The van der Waals surface area contributed by atoms with Gasteiger partial charge in [-0.3, -0.25) is 0 Å². The number of likely N-dealkylation sites (N-methyl/N-ethyl adjacent to an activating group) is 1. The molecular weight excluding hydrogens is 224 g/mol. The lowest BCUT2D eigenvalue weighted by Gasteiger charge is -2.41. The second kappa shape index (κ2) is 5.41. The molecule has 0 amide bonds. The molecule has 1 aromatic rings. The lowest BCUT2D eigenvalue weighted by molar-refractivity contribution is 0.121. The third-order valence-corrected chi connectivity index (χ3v) is 4.60. The fourth-order valence-electron chi connectivity index (χ4n) is 3.34. The van der Waals surface area contributed by atoms with Crippen molar-refractivity contribution in [2.75, 3.05) is 14.1 Å². The van der Waals surface area contributed by atoms with Gasteiger partial charge in [-0.1, -0.05) is 12.8 Å². The molecule has 0 saturated heterocycles. The first-order chi connectivity index (χ1) is 8.60. The Bertz CT molecular complexity index is 377. The van der Waals surface area contributed by atoms with Gasteiger partial charge in [0.15, 0.2) is 0 Å². The Labute approximate surface area is 110 Å². The van der Waals surface area contributed by atoms with Crippen molar-refractivity contribution in [3.8, 4) is 0 Å². The monoisotopic (exact) mass is 250 g/mol. The molecule has 2 rings (SSSR count). The minimum absolute atomic E-state index is 0.169. The van der Waals surface area contributed by atoms with Gasteiger partial charge in [0, 0.05) is 36.9 Å². The Kier molecular flexibility index (Phi) is 4.07. The predicted octanol–water partition coefficient (Wildman–Crippen LogP) is 1.65. The highest BCUT2D eigenvalue weighted by Crippen LogP contribution is 2.36. The third kappa shape index (κ3) is 2.31. The molecule has 0 aliphatic heterocycles. The standard InChI is InChI=1S/C14H26N4/c1-4-18-10-9-16-13(18)11-12(15)14(17(2)3)7-5-6-8-14/h9-10,12H,4-8,11,15H2,1-3H3. The number of aryl methyl sites for hydroxylation is 1. The van der Waals surface area contributed by atoms with Gasteiger partial charge in [-0.15, -0.1) is 0 Å². The van der Waals surface area contributed by atoms with Gasteiger partial charge < -0.3 is 15.2 Å². The zero-order valence-electron chi connectivity index (χ0n) is 11.9. The smallest absolute Gasteiger partial charge is 0.110 e. The summed E-state index contributed by atoms with van der Waals surface area (Å²) >= 11 is 0. The van der Waals surface area contributed by atoms with Crippen LogP contribution in [-0.4, -0.2) is 40.1 Å². The van der Waals surface area contributed by atoms with Gasteiger partial charge in [0.1, 0.15) is 5.82 Å². The summed E-state index contributed by atoms with van der Waals surface area (Å²) in [5.74, 6) is 1.12. The average molecular weight is 250 g/mol. The molecule has 1 unspecified atom stereocenters. The molecule has 0 radical (unpaired) electrons. The zero-order chi connectivity index (χ0) is 13.2. The minimum atomic E-state index is 0.169. The molecule has 1 atom stereocenters. The van der Waals surface area contributed by atoms with Crippen molar-refractivity contribution in [2.24, 2.45) is 5.73 Å². The predicted molar refractivity (Wildman–Crippen MR) is 74.5 cm³/mol. The summed E-state index contributed by atoms with van der Waals surface area (Å²) in [6.07, 6.45) is 9.82. The molecule has 1 aliphatic carbocycles. The van der Waals surface area contributed by atoms with E-state index in [0.29, 0.717) is 0 Å². The first-order valence-corrected chi connectivity index (χ1v) is 7.03. The fourth-order valence-corrected chi connectivity index (χ4v) is 3.34. The molecule has 1 heterocycles. The Morgan fingerprint density at radius 3 is 2.67 bits per heavy atom. The third-order valence-electron chi connectivity index (χ3n) is 4.60. The normalized spacial score (nSPS) is 20.5. The van der Waals surface area contributed by atoms with Crippen molar-refractivity contribution < 1.29 is 0 Å². The van der Waals surface area contributed by atoms with Crippen LogP contribution in [0.1, 0.15) is 38.4 Å². The summed E-state index contributed by atoms with van der Waals surface area (Å²) in [4.78, 5) is 6.79. The molecule has 1 saturated carbocycles. The Hall–Kier alpha value is -0.870. The molecule has 1 aliphatic rings.